The Bertz CT molecular complexity index is 227. The second kappa shape index (κ2) is 3.87. The number of thiazole rings is 1. The van der Waals surface area contributed by atoms with Gasteiger partial charge in [-0.2, -0.15) is 0 Å². The van der Waals surface area contributed by atoms with Crippen LogP contribution >= 0.6 is 38.9 Å². The third kappa shape index (κ3) is 2.73. The number of hydrogen-bond acceptors (Lipinski definition) is 2. The zero-order valence-corrected chi connectivity index (χ0v) is 9.48. The van der Waals surface area contributed by atoms with Gasteiger partial charge in [0, 0.05) is 6.42 Å². The lowest BCUT2D eigenvalue weighted by Crippen LogP contribution is -1.89. The highest BCUT2D eigenvalue weighted by atomic mass is 79.9. The van der Waals surface area contributed by atoms with E-state index in [1.807, 2.05) is 0 Å². The molecule has 1 heterocycles. The van der Waals surface area contributed by atoms with Crippen molar-refractivity contribution in [2.24, 2.45) is 0 Å². The summed E-state index contributed by atoms with van der Waals surface area (Å²) >= 11 is 10.6. The van der Waals surface area contributed by atoms with Crippen LogP contribution < -0.4 is 0 Å². The Morgan fingerprint density at radius 2 is 2.27 bits per heavy atom. The lowest BCUT2D eigenvalue weighted by Gasteiger charge is -1.96. The van der Waals surface area contributed by atoms with E-state index in [4.69, 9.17) is 11.6 Å². The molecule has 4 heteroatoms. The summed E-state index contributed by atoms with van der Waals surface area (Å²) in [4.78, 5) is 4.23. The van der Waals surface area contributed by atoms with Crippen LogP contribution in [0.1, 0.15) is 18.9 Å². The molecule has 0 saturated carbocycles. The first-order valence-corrected chi connectivity index (χ1v) is 5.18. The summed E-state index contributed by atoms with van der Waals surface area (Å²) in [5.41, 5.74) is 0. The quantitative estimate of drug-likeness (QED) is 0.783. The average Bonchev–Trinajstić information content (AvgIpc) is 2.10. The van der Waals surface area contributed by atoms with Gasteiger partial charge in [-0.05, 0) is 21.8 Å². The molecule has 0 amide bonds. The maximum atomic E-state index is 5.81. The summed E-state index contributed by atoms with van der Waals surface area (Å²) in [6.07, 6.45) is 0.927. The standard InChI is InChI=1S/C7H8BrClNS/c1-4(2)3-5-10-6(8)7(9)11-5/h3H2,1-2H3. The van der Waals surface area contributed by atoms with E-state index in [-0.39, 0.29) is 0 Å². The molecule has 0 aromatic carbocycles. The van der Waals surface area contributed by atoms with E-state index in [9.17, 15) is 0 Å². The highest BCUT2D eigenvalue weighted by Gasteiger charge is 2.07. The normalized spacial score (nSPS) is 11.0. The molecule has 0 fully saturated rings. The lowest BCUT2D eigenvalue weighted by molar-refractivity contribution is 0.940. The van der Waals surface area contributed by atoms with Gasteiger partial charge >= 0.3 is 0 Å². The summed E-state index contributed by atoms with van der Waals surface area (Å²) < 4.78 is 1.50. The third-order valence-corrected chi connectivity index (χ3v) is 3.42. The Morgan fingerprint density at radius 3 is 2.64 bits per heavy atom. The highest BCUT2D eigenvalue weighted by molar-refractivity contribution is 9.10. The molecule has 1 aromatic rings. The molecule has 1 rings (SSSR count). The van der Waals surface area contributed by atoms with Crippen molar-refractivity contribution < 1.29 is 0 Å². The van der Waals surface area contributed by atoms with Crippen LogP contribution in [-0.2, 0) is 6.42 Å². The zero-order chi connectivity index (χ0) is 8.43. The maximum Gasteiger partial charge on any atom is 0.136 e. The molecule has 0 saturated heterocycles. The minimum absolute atomic E-state index is 0.737. The molecule has 0 atom stereocenters. The Balaban J connectivity index is 2.73. The van der Waals surface area contributed by atoms with Crippen LogP contribution in [0.25, 0.3) is 0 Å². The van der Waals surface area contributed by atoms with E-state index in [1.54, 1.807) is 0 Å². The van der Waals surface area contributed by atoms with E-state index in [0.29, 0.717) is 0 Å². The Kier molecular flexibility index (Phi) is 3.34. The van der Waals surface area contributed by atoms with Gasteiger partial charge in [0.25, 0.3) is 0 Å². The Labute approximate surface area is 83.9 Å². The molecule has 0 aliphatic heterocycles. The van der Waals surface area contributed by atoms with Gasteiger partial charge in [-0.1, -0.05) is 25.4 Å². The Hall–Kier alpha value is 0.400. The monoisotopic (exact) mass is 252 g/mol. The predicted molar refractivity (Wildman–Crippen MR) is 53.1 cm³/mol. The van der Waals surface area contributed by atoms with Gasteiger partial charge in [-0.3, -0.25) is 0 Å². The van der Waals surface area contributed by atoms with E-state index in [2.05, 4.69) is 34.8 Å². The topological polar surface area (TPSA) is 12.9 Å². The molecule has 1 radical (unpaired) electrons. The van der Waals surface area contributed by atoms with E-state index in [0.717, 1.165) is 20.4 Å². The molecular formula is C7H8BrClNS. The first kappa shape index (κ1) is 9.49. The van der Waals surface area contributed by atoms with E-state index in [1.165, 1.54) is 17.3 Å². The largest absolute Gasteiger partial charge is 0.233 e. The molecule has 1 aromatic heterocycles. The fourth-order valence-electron chi connectivity index (χ4n) is 0.700. The molecule has 0 N–H and O–H groups in total. The van der Waals surface area contributed by atoms with Gasteiger partial charge in [-0.15, -0.1) is 11.3 Å². The van der Waals surface area contributed by atoms with Crippen LogP contribution in [0.3, 0.4) is 0 Å². The molecule has 1 nitrogen and oxygen atoms in total. The summed E-state index contributed by atoms with van der Waals surface area (Å²) in [5.74, 6) is 1.35. The number of nitrogens with zero attached hydrogens (tertiary/aromatic N) is 1. The minimum atomic E-state index is 0.737. The van der Waals surface area contributed by atoms with Crippen molar-refractivity contribution in [3.63, 3.8) is 0 Å². The van der Waals surface area contributed by atoms with Crippen molar-refractivity contribution >= 4 is 38.9 Å². The second-order valence-corrected chi connectivity index (χ2v) is 4.99. The van der Waals surface area contributed by atoms with E-state index >= 15 is 0 Å². The SMILES string of the molecule is C[C](C)Cc1nc(Br)c(Cl)s1. The summed E-state index contributed by atoms with van der Waals surface area (Å²) in [7, 11) is 0. The van der Waals surface area contributed by atoms with Gasteiger partial charge in [0.15, 0.2) is 0 Å². The van der Waals surface area contributed by atoms with Gasteiger partial charge < -0.3 is 0 Å². The van der Waals surface area contributed by atoms with E-state index < -0.39 is 0 Å². The fraction of sp³-hybridized carbons (Fsp3) is 0.429. The van der Waals surface area contributed by atoms with Crippen molar-refractivity contribution in [2.75, 3.05) is 0 Å². The summed E-state index contributed by atoms with van der Waals surface area (Å²) in [6.45, 7) is 4.17. The smallest absolute Gasteiger partial charge is 0.136 e. The number of rotatable bonds is 2. The Morgan fingerprint density at radius 1 is 1.64 bits per heavy atom. The van der Waals surface area contributed by atoms with Crippen molar-refractivity contribution in [1.82, 2.24) is 4.98 Å². The van der Waals surface area contributed by atoms with Crippen LogP contribution in [0.5, 0.6) is 0 Å². The molecular weight excluding hydrogens is 246 g/mol. The van der Waals surface area contributed by atoms with Crippen LogP contribution in [-0.4, -0.2) is 4.98 Å². The third-order valence-electron chi connectivity index (χ3n) is 1.10. The highest BCUT2D eigenvalue weighted by Crippen LogP contribution is 2.29. The van der Waals surface area contributed by atoms with Crippen LogP contribution in [0, 0.1) is 5.92 Å². The zero-order valence-electron chi connectivity index (χ0n) is 6.32. The van der Waals surface area contributed by atoms with Crippen LogP contribution in [0.2, 0.25) is 4.34 Å². The number of aromatic nitrogens is 1. The number of halogens is 2. The van der Waals surface area contributed by atoms with Gasteiger partial charge in [0.05, 0.1) is 5.01 Å². The van der Waals surface area contributed by atoms with Gasteiger partial charge in [0.2, 0.25) is 0 Å². The first-order chi connectivity index (χ1) is 5.09. The molecule has 0 aliphatic carbocycles. The van der Waals surface area contributed by atoms with Crippen molar-refractivity contribution in [2.45, 2.75) is 20.3 Å². The van der Waals surface area contributed by atoms with Crippen molar-refractivity contribution in [3.05, 3.63) is 19.9 Å². The molecule has 0 spiro atoms. The summed E-state index contributed by atoms with van der Waals surface area (Å²) in [5, 5.41) is 1.07. The minimum Gasteiger partial charge on any atom is -0.233 e. The molecule has 0 bridgehead atoms. The van der Waals surface area contributed by atoms with Crippen molar-refractivity contribution in [3.8, 4) is 0 Å². The van der Waals surface area contributed by atoms with Gasteiger partial charge in [0.1, 0.15) is 8.94 Å². The van der Waals surface area contributed by atoms with Gasteiger partial charge in [-0.25, -0.2) is 4.98 Å². The lowest BCUT2D eigenvalue weighted by atomic mass is 10.1. The second-order valence-electron chi connectivity index (χ2n) is 2.56. The molecule has 0 unspecified atom stereocenters. The summed E-state index contributed by atoms with van der Waals surface area (Å²) in [6, 6.07) is 0. The maximum absolute atomic E-state index is 5.81. The number of hydrogen-bond donors (Lipinski definition) is 0. The molecule has 61 valence electrons. The van der Waals surface area contributed by atoms with Crippen LogP contribution in [0.15, 0.2) is 4.60 Å². The first-order valence-electron chi connectivity index (χ1n) is 3.19. The average molecular weight is 254 g/mol. The van der Waals surface area contributed by atoms with Crippen LogP contribution in [0.4, 0.5) is 0 Å². The molecule has 11 heavy (non-hydrogen) atoms. The predicted octanol–water partition coefficient (Wildman–Crippen LogP) is 3.72. The fourth-order valence-corrected chi connectivity index (χ4v) is 2.42. The molecule has 0 aliphatic rings. The van der Waals surface area contributed by atoms with Crippen molar-refractivity contribution in [1.29, 1.82) is 0 Å².